The first-order valence-corrected chi connectivity index (χ1v) is 18.7. The van der Waals surface area contributed by atoms with Crippen molar-refractivity contribution in [1.82, 2.24) is 19.3 Å². The number of ether oxygens (including phenoxy) is 2. The van der Waals surface area contributed by atoms with Crippen LogP contribution >= 0.6 is 0 Å². The summed E-state index contributed by atoms with van der Waals surface area (Å²) in [5.74, 6) is 2.62. The standard InChI is InChI=1S/C49H38N4O2.Pd/c1-4-43-49(48-39(33-16-8-6-9-17-33)23-15-24-40(48)34-18-10-7-11-19-34)44(5-2)53(51-43)35-20-14-21-37(30-35)55-38-26-27-42-41-22-12-13-25-45(41)52(46(42)31-38)47-32-36(54-3)28-29-50-47;/h6-29,32H,4-5H2,1-3H3;/q-2;+2. The van der Waals surface area contributed by atoms with Gasteiger partial charge in [0, 0.05) is 46.1 Å². The van der Waals surface area contributed by atoms with E-state index in [0.717, 1.165) is 63.3 Å². The number of methoxy groups -OCH3 is 1. The number of pyridine rings is 1. The number of benzene rings is 6. The van der Waals surface area contributed by atoms with Crippen LogP contribution in [0.5, 0.6) is 17.2 Å². The van der Waals surface area contributed by atoms with Crippen molar-refractivity contribution in [1.29, 1.82) is 0 Å². The van der Waals surface area contributed by atoms with E-state index in [1.54, 1.807) is 13.3 Å². The molecule has 0 spiro atoms. The van der Waals surface area contributed by atoms with Gasteiger partial charge in [-0.25, -0.2) is 4.98 Å². The van der Waals surface area contributed by atoms with E-state index in [9.17, 15) is 0 Å². The van der Waals surface area contributed by atoms with Crippen molar-refractivity contribution in [3.8, 4) is 62.1 Å². The first kappa shape index (κ1) is 36.7. The number of para-hydroxylation sites is 1. The van der Waals surface area contributed by atoms with Gasteiger partial charge in [0.2, 0.25) is 0 Å². The first-order chi connectivity index (χ1) is 27.1. The summed E-state index contributed by atoms with van der Waals surface area (Å²) in [5, 5.41) is 7.45. The Morgan fingerprint density at radius 3 is 2.00 bits per heavy atom. The molecule has 7 heteroatoms. The Morgan fingerprint density at radius 2 is 1.30 bits per heavy atom. The second-order valence-electron chi connectivity index (χ2n) is 13.3. The van der Waals surface area contributed by atoms with Crippen LogP contribution in [0.1, 0.15) is 25.2 Å². The predicted molar refractivity (Wildman–Crippen MR) is 222 cm³/mol. The molecule has 9 rings (SSSR count). The van der Waals surface area contributed by atoms with Gasteiger partial charge in [0.15, 0.2) is 0 Å². The van der Waals surface area contributed by atoms with Crippen LogP contribution in [0.25, 0.3) is 66.7 Å². The van der Waals surface area contributed by atoms with Gasteiger partial charge in [0.05, 0.1) is 12.8 Å². The number of aromatic nitrogens is 4. The van der Waals surface area contributed by atoms with Crippen molar-refractivity contribution in [2.45, 2.75) is 26.7 Å². The van der Waals surface area contributed by atoms with Gasteiger partial charge in [-0.1, -0.05) is 116 Å². The maximum Gasteiger partial charge on any atom is 2.00 e. The molecule has 0 fully saturated rings. The van der Waals surface area contributed by atoms with Crippen molar-refractivity contribution < 1.29 is 29.9 Å². The molecule has 0 bridgehead atoms. The molecule has 0 radical (unpaired) electrons. The van der Waals surface area contributed by atoms with E-state index in [1.165, 1.54) is 33.4 Å². The van der Waals surface area contributed by atoms with Crippen LogP contribution in [-0.2, 0) is 33.3 Å². The number of aryl methyl sites for hydroxylation is 1. The minimum atomic E-state index is 0. The van der Waals surface area contributed by atoms with Crippen molar-refractivity contribution in [2.75, 3.05) is 7.11 Å². The Balaban J connectivity index is 0.00000441. The van der Waals surface area contributed by atoms with E-state index in [1.807, 2.05) is 48.5 Å². The number of fused-ring (bicyclic) bond motifs is 3. The van der Waals surface area contributed by atoms with Crippen LogP contribution in [0.3, 0.4) is 0 Å². The average molecular weight is 821 g/mol. The molecule has 276 valence electrons. The summed E-state index contributed by atoms with van der Waals surface area (Å²) >= 11 is 0. The van der Waals surface area contributed by atoms with Gasteiger partial charge in [-0.15, -0.1) is 35.7 Å². The fourth-order valence-corrected chi connectivity index (χ4v) is 7.66. The van der Waals surface area contributed by atoms with Gasteiger partial charge in [0.25, 0.3) is 0 Å². The average Bonchev–Trinajstić information content (AvgIpc) is 3.79. The molecule has 3 heterocycles. The molecule has 56 heavy (non-hydrogen) atoms. The minimum Gasteiger partial charge on any atom is -0.509 e. The van der Waals surface area contributed by atoms with E-state index in [2.05, 4.69) is 132 Å². The van der Waals surface area contributed by atoms with E-state index >= 15 is 0 Å². The molecule has 0 aliphatic heterocycles. The SMILES string of the molecule is CCc1nn(-c2[c-]c(Oc3[c-]c4c(cc3)c3ccccc3n4-c3cc(OC)ccn3)ccc2)c(CC)c1-c1c(-c2ccccc2)cccc1-c1ccccc1.[Pd+2]. The molecule has 3 aromatic heterocycles. The van der Waals surface area contributed by atoms with Gasteiger partial charge in [-0.05, 0) is 58.3 Å². The van der Waals surface area contributed by atoms with Gasteiger partial charge < -0.3 is 14.0 Å². The molecule has 0 aliphatic rings. The third-order valence-electron chi connectivity index (χ3n) is 10.1. The summed E-state index contributed by atoms with van der Waals surface area (Å²) in [6, 6.07) is 57.1. The van der Waals surface area contributed by atoms with E-state index < -0.39 is 0 Å². The summed E-state index contributed by atoms with van der Waals surface area (Å²) in [6.45, 7) is 4.38. The smallest absolute Gasteiger partial charge is 0.509 e. The molecule has 0 aliphatic carbocycles. The Bertz CT molecular complexity index is 2750. The molecule has 0 atom stereocenters. The molecule has 0 saturated carbocycles. The minimum absolute atomic E-state index is 0. The molecule has 0 N–H and O–H groups in total. The first-order valence-electron chi connectivity index (χ1n) is 18.7. The van der Waals surface area contributed by atoms with Crippen LogP contribution < -0.4 is 9.47 Å². The fraction of sp³-hybridized carbons (Fsp3) is 0.102. The Hall–Kier alpha value is -6.26. The summed E-state index contributed by atoms with van der Waals surface area (Å²) in [4.78, 5) is 4.69. The molecule has 9 aromatic rings. The Kier molecular flexibility index (Phi) is 10.4. The summed E-state index contributed by atoms with van der Waals surface area (Å²) in [6.07, 6.45) is 3.30. The summed E-state index contributed by atoms with van der Waals surface area (Å²) in [7, 11) is 1.66. The molecule has 0 amide bonds. The Morgan fingerprint density at radius 1 is 0.625 bits per heavy atom. The second kappa shape index (κ2) is 15.8. The van der Waals surface area contributed by atoms with Gasteiger partial charge >= 0.3 is 20.4 Å². The van der Waals surface area contributed by atoms with E-state index in [0.29, 0.717) is 11.5 Å². The summed E-state index contributed by atoms with van der Waals surface area (Å²) in [5.41, 5.74) is 11.9. The topological polar surface area (TPSA) is 54.1 Å². The van der Waals surface area contributed by atoms with Crippen LogP contribution in [0.2, 0.25) is 0 Å². The number of rotatable bonds is 10. The quantitative estimate of drug-likeness (QED) is 0.102. The largest absolute Gasteiger partial charge is 2.00 e. The fourth-order valence-electron chi connectivity index (χ4n) is 7.66. The van der Waals surface area contributed by atoms with Crippen molar-refractivity contribution in [3.05, 3.63) is 175 Å². The zero-order valence-electron chi connectivity index (χ0n) is 31.3. The maximum absolute atomic E-state index is 6.55. The monoisotopic (exact) mass is 820 g/mol. The van der Waals surface area contributed by atoms with Crippen LogP contribution in [0, 0.1) is 12.1 Å². The van der Waals surface area contributed by atoms with Gasteiger partial charge in [-0.3, -0.25) is 4.68 Å². The number of hydrogen-bond donors (Lipinski definition) is 0. The third-order valence-corrected chi connectivity index (χ3v) is 10.1. The molecule has 6 aromatic carbocycles. The summed E-state index contributed by atoms with van der Waals surface area (Å²) < 4.78 is 16.2. The van der Waals surface area contributed by atoms with Crippen molar-refractivity contribution in [3.63, 3.8) is 0 Å². The molecule has 6 nitrogen and oxygen atoms in total. The molecule has 0 saturated heterocycles. The Labute approximate surface area is 340 Å². The van der Waals surface area contributed by atoms with E-state index in [4.69, 9.17) is 19.6 Å². The van der Waals surface area contributed by atoms with Crippen molar-refractivity contribution >= 4 is 21.8 Å². The normalized spacial score (nSPS) is 11.1. The number of nitrogens with zero attached hydrogens (tertiary/aromatic N) is 4. The third kappa shape index (κ3) is 6.60. The molecule has 0 unspecified atom stereocenters. The van der Waals surface area contributed by atoms with Crippen LogP contribution in [-0.4, -0.2) is 26.4 Å². The van der Waals surface area contributed by atoms with Gasteiger partial charge in [0.1, 0.15) is 11.6 Å². The zero-order valence-corrected chi connectivity index (χ0v) is 32.8. The van der Waals surface area contributed by atoms with Crippen LogP contribution in [0.15, 0.2) is 152 Å². The van der Waals surface area contributed by atoms with Crippen molar-refractivity contribution in [2.24, 2.45) is 0 Å². The van der Waals surface area contributed by atoms with E-state index in [-0.39, 0.29) is 20.4 Å². The molecular formula is C49H38N4O2Pd. The molecular weight excluding hydrogens is 783 g/mol. The van der Waals surface area contributed by atoms with Crippen LogP contribution in [0.4, 0.5) is 0 Å². The maximum atomic E-state index is 6.55. The second-order valence-corrected chi connectivity index (χ2v) is 13.3. The zero-order chi connectivity index (χ0) is 37.3. The van der Waals surface area contributed by atoms with Gasteiger partial charge in [-0.2, -0.15) is 17.2 Å². The number of hydrogen-bond acceptors (Lipinski definition) is 4. The predicted octanol–water partition coefficient (Wildman–Crippen LogP) is 11.9.